The molecule has 1 aromatic carbocycles. The number of hydrogen-bond donors (Lipinski definition) is 1. The van der Waals surface area contributed by atoms with Crippen LogP contribution in [0.4, 0.5) is 4.39 Å². The van der Waals surface area contributed by atoms with E-state index >= 15 is 0 Å². The Morgan fingerprint density at radius 3 is 3.05 bits per heavy atom. The topological polar surface area (TPSA) is 60.2 Å². The highest BCUT2D eigenvalue weighted by Crippen LogP contribution is 2.22. The van der Waals surface area contributed by atoms with Crippen LogP contribution in [0.25, 0.3) is 0 Å². The van der Waals surface area contributed by atoms with Gasteiger partial charge in [0.15, 0.2) is 18.2 Å². The minimum absolute atomic E-state index is 0.0944. The molecular formula is C14H16FN3O2. The molecule has 1 fully saturated rings. The molecule has 1 atom stereocenters. The van der Waals surface area contributed by atoms with Crippen molar-refractivity contribution < 1.29 is 13.7 Å². The van der Waals surface area contributed by atoms with Crippen molar-refractivity contribution >= 4 is 0 Å². The largest absolute Gasteiger partial charge is 0.482 e. The van der Waals surface area contributed by atoms with Crippen LogP contribution in [-0.2, 0) is 6.61 Å². The molecule has 0 unspecified atom stereocenters. The first-order valence-corrected chi connectivity index (χ1v) is 6.76. The second kappa shape index (κ2) is 6.00. The summed E-state index contributed by atoms with van der Waals surface area (Å²) in [5, 5.41) is 7.20. The number of rotatable bonds is 4. The molecule has 1 aliphatic rings. The third-order valence-corrected chi connectivity index (χ3v) is 3.29. The average Bonchev–Trinajstić information content (AvgIpc) is 2.96. The van der Waals surface area contributed by atoms with Crippen LogP contribution in [0.5, 0.6) is 5.75 Å². The van der Waals surface area contributed by atoms with Crippen LogP contribution in [-0.4, -0.2) is 16.7 Å². The third-order valence-electron chi connectivity index (χ3n) is 3.29. The Kier molecular flexibility index (Phi) is 3.92. The van der Waals surface area contributed by atoms with E-state index in [0.29, 0.717) is 11.7 Å². The number of aromatic nitrogens is 2. The third kappa shape index (κ3) is 2.96. The van der Waals surface area contributed by atoms with E-state index in [-0.39, 0.29) is 18.4 Å². The maximum Gasteiger partial charge on any atom is 0.243 e. The minimum Gasteiger partial charge on any atom is -0.482 e. The van der Waals surface area contributed by atoms with E-state index in [1.54, 1.807) is 18.2 Å². The second-order valence-electron chi connectivity index (χ2n) is 4.77. The van der Waals surface area contributed by atoms with Crippen LogP contribution in [0.3, 0.4) is 0 Å². The highest BCUT2D eigenvalue weighted by molar-refractivity contribution is 5.23. The summed E-state index contributed by atoms with van der Waals surface area (Å²) in [6.45, 7) is 1.06. The van der Waals surface area contributed by atoms with Gasteiger partial charge >= 0.3 is 0 Å². The number of benzene rings is 1. The SMILES string of the molecule is Fc1ccccc1OCc1noc([C@@H]2CCCCN2)n1. The zero-order valence-electron chi connectivity index (χ0n) is 11.0. The molecule has 0 saturated carbocycles. The number of hydrogen-bond acceptors (Lipinski definition) is 5. The summed E-state index contributed by atoms with van der Waals surface area (Å²) in [7, 11) is 0. The van der Waals surface area contributed by atoms with Crippen molar-refractivity contribution in [3.8, 4) is 5.75 Å². The first-order valence-electron chi connectivity index (χ1n) is 6.76. The smallest absolute Gasteiger partial charge is 0.243 e. The van der Waals surface area contributed by atoms with Gasteiger partial charge in [0, 0.05) is 0 Å². The summed E-state index contributed by atoms with van der Waals surface area (Å²) in [4.78, 5) is 4.29. The van der Waals surface area contributed by atoms with E-state index in [0.717, 1.165) is 19.4 Å². The first kappa shape index (κ1) is 13.1. The Labute approximate surface area is 116 Å². The van der Waals surface area contributed by atoms with Crippen LogP contribution in [0.15, 0.2) is 28.8 Å². The fraction of sp³-hybridized carbons (Fsp3) is 0.429. The number of piperidine rings is 1. The van der Waals surface area contributed by atoms with Gasteiger partial charge in [0.25, 0.3) is 0 Å². The quantitative estimate of drug-likeness (QED) is 0.930. The maximum absolute atomic E-state index is 13.4. The molecule has 0 aliphatic carbocycles. The van der Waals surface area contributed by atoms with Crippen LogP contribution in [0.2, 0.25) is 0 Å². The molecule has 0 radical (unpaired) electrons. The average molecular weight is 277 g/mol. The van der Waals surface area contributed by atoms with Crippen molar-refractivity contribution in [3.63, 3.8) is 0 Å². The molecule has 2 aromatic rings. The lowest BCUT2D eigenvalue weighted by Gasteiger charge is -2.19. The summed E-state index contributed by atoms with van der Waals surface area (Å²) < 4.78 is 24.0. The fourth-order valence-electron chi connectivity index (χ4n) is 2.23. The standard InChI is InChI=1S/C14H16FN3O2/c15-10-5-1-2-7-12(10)19-9-13-17-14(20-18-13)11-6-3-4-8-16-11/h1-2,5,7,11,16H,3-4,6,8-9H2/t11-/m0/s1. The molecule has 0 spiro atoms. The van der Waals surface area contributed by atoms with Gasteiger partial charge in [0.1, 0.15) is 0 Å². The number of para-hydroxylation sites is 1. The van der Waals surface area contributed by atoms with E-state index < -0.39 is 5.82 Å². The molecule has 1 saturated heterocycles. The Bertz CT molecular complexity index is 567. The summed E-state index contributed by atoms with van der Waals surface area (Å²) in [5.74, 6) is 0.798. The fourth-order valence-corrected chi connectivity index (χ4v) is 2.23. The molecule has 6 heteroatoms. The van der Waals surface area contributed by atoms with Gasteiger partial charge in [-0.1, -0.05) is 23.7 Å². The van der Waals surface area contributed by atoms with Crippen LogP contribution >= 0.6 is 0 Å². The number of nitrogens with zero attached hydrogens (tertiary/aromatic N) is 2. The molecule has 20 heavy (non-hydrogen) atoms. The van der Waals surface area contributed by atoms with Crippen molar-refractivity contribution in [2.45, 2.75) is 31.9 Å². The summed E-state index contributed by atoms with van der Waals surface area (Å²) in [6, 6.07) is 6.37. The zero-order chi connectivity index (χ0) is 13.8. The molecule has 5 nitrogen and oxygen atoms in total. The molecule has 0 bridgehead atoms. The van der Waals surface area contributed by atoms with Gasteiger partial charge in [-0.3, -0.25) is 0 Å². The molecule has 1 N–H and O–H groups in total. The van der Waals surface area contributed by atoms with E-state index in [1.165, 1.54) is 12.5 Å². The van der Waals surface area contributed by atoms with Gasteiger partial charge in [0.2, 0.25) is 11.7 Å². The lowest BCUT2D eigenvalue weighted by Crippen LogP contribution is -2.27. The number of halogens is 1. The van der Waals surface area contributed by atoms with Gasteiger partial charge in [-0.05, 0) is 31.5 Å². The molecule has 106 valence electrons. The van der Waals surface area contributed by atoms with E-state index in [9.17, 15) is 4.39 Å². The highest BCUT2D eigenvalue weighted by atomic mass is 19.1. The van der Waals surface area contributed by atoms with Gasteiger partial charge in [-0.15, -0.1) is 0 Å². The van der Waals surface area contributed by atoms with Crippen LogP contribution in [0, 0.1) is 5.82 Å². The molecule has 0 amide bonds. The second-order valence-corrected chi connectivity index (χ2v) is 4.77. The predicted octanol–water partition coefficient (Wildman–Crippen LogP) is 2.60. The normalized spacial score (nSPS) is 18.9. The Morgan fingerprint density at radius 1 is 1.35 bits per heavy atom. The van der Waals surface area contributed by atoms with Crippen molar-refractivity contribution in [2.75, 3.05) is 6.54 Å². The van der Waals surface area contributed by atoms with E-state index in [1.807, 2.05) is 0 Å². The molecule has 1 aliphatic heterocycles. The van der Waals surface area contributed by atoms with Crippen LogP contribution in [0.1, 0.15) is 37.0 Å². The zero-order valence-corrected chi connectivity index (χ0v) is 11.0. The van der Waals surface area contributed by atoms with Gasteiger partial charge in [-0.2, -0.15) is 4.98 Å². The summed E-state index contributed by atoms with van der Waals surface area (Å²) >= 11 is 0. The predicted molar refractivity (Wildman–Crippen MR) is 69.6 cm³/mol. The summed E-state index contributed by atoms with van der Waals surface area (Å²) in [6.07, 6.45) is 3.32. The van der Waals surface area contributed by atoms with E-state index in [2.05, 4.69) is 15.5 Å². The lowest BCUT2D eigenvalue weighted by atomic mass is 10.1. The van der Waals surface area contributed by atoms with Crippen molar-refractivity contribution in [1.82, 2.24) is 15.5 Å². The number of ether oxygens (including phenoxy) is 1. The van der Waals surface area contributed by atoms with Gasteiger partial charge in [0.05, 0.1) is 6.04 Å². The van der Waals surface area contributed by atoms with Crippen molar-refractivity contribution in [1.29, 1.82) is 0 Å². The molecule has 3 rings (SSSR count). The van der Waals surface area contributed by atoms with Crippen LogP contribution < -0.4 is 10.1 Å². The maximum atomic E-state index is 13.4. The Hall–Kier alpha value is -1.95. The first-order chi connectivity index (χ1) is 9.83. The van der Waals surface area contributed by atoms with Crippen molar-refractivity contribution in [3.05, 3.63) is 41.8 Å². The Balaban J connectivity index is 1.61. The molecular weight excluding hydrogens is 261 g/mol. The van der Waals surface area contributed by atoms with E-state index in [4.69, 9.17) is 9.26 Å². The number of nitrogens with one attached hydrogen (secondary N) is 1. The van der Waals surface area contributed by atoms with Crippen molar-refractivity contribution in [2.24, 2.45) is 0 Å². The Morgan fingerprint density at radius 2 is 2.25 bits per heavy atom. The minimum atomic E-state index is -0.398. The molecule has 1 aromatic heterocycles. The monoisotopic (exact) mass is 277 g/mol. The molecule has 2 heterocycles. The lowest BCUT2D eigenvalue weighted by molar-refractivity contribution is 0.267. The highest BCUT2D eigenvalue weighted by Gasteiger charge is 2.21. The summed E-state index contributed by atoms with van der Waals surface area (Å²) in [5.41, 5.74) is 0. The van der Waals surface area contributed by atoms with Gasteiger partial charge < -0.3 is 14.6 Å². The van der Waals surface area contributed by atoms with Gasteiger partial charge in [-0.25, -0.2) is 4.39 Å².